The monoisotopic (exact) mass is 562 g/mol. The van der Waals surface area contributed by atoms with Crippen molar-refractivity contribution in [2.24, 2.45) is 5.92 Å². The average Bonchev–Trinajstić information content (AvgIpc) is 3.77. The van der Waals surface area contributed by atoms with E-state index in [0.717, 1.165) is 47.8 Å². The third kappa shape index (κ3) is 5.42. The first kappa shape index (κ1) is 27.3. The maximum absolute atomic E-state index is 14.1. The van der Waals surface area contributed by atoms with Crippen molar-refractivity contribution >= 4 is 28.8 Å². The summed E-state index contributed by atoms with van der Waals surface area (Å²) in [4.78, 5) is 46.4. The number of aliphatic hydroxyl groups excluding tert-OH is 1. The second kappa shape index (κ2) is 11.6. The highest BCUT2D eigenvalue weighted by atomic mass is 16.6. The second-order valence-electron chi connectivity index (χ2n) is 11.6. The topological polar surface area (TPSA) is 144 Å². The first-order valence-electron chi connectivity index (χ1n) is 14.8. The van der Waals surface area contributed by atoms with Crippen LogP contribution in [0.15, 0.2) is 36.5 Å². The van der Waals surface area contributed by atoms with Crippen molar-refractivity contribution in [1.82, 2.24) is 30.3 Å². The Labute approximate surface area is 238 Å². The normalized spacial score (nSPS) is 21.7. The first-order chi connectivity index (χ1) is 19.9. The number of hydrogen-bond acceptors (Lipinski definition) is 6. The van der Waals surface area contributed by atoms with Crippen molar-refractivity contribution in [3.63, 3.8) is 0 Å². The van der Waals surface area contributed by atoms with Gasteiger partial charge in [-0.15, -0.1) is 0 Å². The van der Waals surface area contributed by atoms with Crippen LogP contribution in [0.1, 0.15) is 67.2 Å². The SMILES string of the molecule is CCN1CC([C@H](O)[C@H](CC2CCCCC2)NC(=O)C(Cc2ccn[nH]2)N2Cc3c([nH]c4ccccc34)C2=O)OC1=O. The van der Waals surface area contributed by atoms with Crippen LogP contribution < -0.4 is 5.32 Å². The zero-order valence-electron chi connectivity index (χ0n) is 23.3. The Morgan fingerprint density at radius 3 is 2.73 bits per heavy atom. The molecule has 1 aromatic carbocycles. The van der Waals surface area contributed by atoms with Gasteiger partial charge in [0.1, 0.15) is 23.9 Å². The predicted molar refractivity (Wildman–Crippen MR) is 151 cm³/mol. The van der Waals surface area contributed by atoms with Crippen LogP contribution in [0.25, 0.3) is 10.9 Å². The molecule has 2 aliphatic heterocycles. The molecule has 11 nitrogen and oxygen atoms in total. The third-order valence-corrected chi connectivity index (χ3v) is 8.99. The summed E-state index contributed by atoms with van der Waals surface area (Å²) in [6.45, 7) is 2.92. The van der Waals surface area contributed by atoms with Gasteiger partial charge in [0, 0.05) is 47.9 Å². The number of aromatic nitrogens is 3. The van der Waals surface area contributed by atoms with Gasteiger partial charge in [-0.1, -0.05) is 50.3 Å². The highest BCUT2D eigenvalue weighted by Gasteiger charge is 2.43. The fraction of sp³-hybridized carbons (Fsp3) is 0.533. The number of amides is 3. The van der Waals surface area contributed by atoms with Gasteiger partial charge in [0.25, 0.3) is 5.91 Å². The van der Waals surface area contributed by atoms with Crippen LogP contribution in [0.5, 0.6) is 0 Å². The molecule has 1 saturated heterocycles. The van der Waals surface area contributed by atoms with Crippen LogP contribution in [0.2, 0.25) is 0 Å². The summed E-state index contributed by atoms with van der Waals surface area (Å²) in [5, 5.41) is 22.5. The molecule has 2 unspecified atom stereocenters. The van der Waals surface area contributed by atoms with Crippen molar-refractivity contribution in [3.8, 4) is 0 Å². The second-order valence-corrected chi connectivity index (χ2v) is 11.6. The lowest BCUT2D eigenvalue weighted by atomic mass is 9.83. The molecule has 4 N–H and O–H groups in total. The molecule has 4 atom stereocenters. The molecule has 218 valence electrons. The number of nitrogens with one attached hydrogen (secondary N) is 3. The summed E-state index contributed by atoms with van der Waals surface area (Å²) in [5.74, 6) is -0.226. The lowest BCUT2D eigenvalue weighted by molar-refractivity contribution is -0.128. The minimum Gasteiger partial charge on any atom is -0.441 e. The molecule has 11 heteroatoms. The number of hydrogen-bond donors (Lipinski definition) is 4. The Morgan fingerprint density at radius 2 is 2.00 bits per heavy atom. The molecule has 0 bridgehead atoms. The van der Waals surface area contributed by atoms with Gasteiger partial charge in [0.05, 0.1) is 12.6 Å². The van der Waals surface area contributed by atoms with E-state index in [2.05, 4.69) is 20.5 Å². The van der Waals surface area contributed by atoms with Crippen molar-refractivity contribution < 1.29 is 24.2 Å². The Bertz CT molecular complexity index is 1400. The Morgan fingerprint density at radius 1 is 1.20 bits per heavy atom. The van der Waals surface area contributed by atoms with Crippen LogP contribution in [-0.2, 0) is 22.5 Å². The van der Waals surface area contributed by atoms with Crippen LogP contribution in [0.3, 0.4) is 0 Å². The van der Waals surface area contributed by atoms with Gasteiger partial charge in [-0.25, -0.2) is 4.79 Å². The number of H-pyrrole nitrogens is 2. The molecule has 4 heterocycles. The molecular weight excluding hydrogens is 524 g/mol. The predicted octanol–water partition coefficient (Wildman–Crippen LogP) is 3.11. The van der Waals surface area contributed by atoms with Gasteiger partial charge in [-0.2, -0.15) is 5.10 Å². The number of fused-ring (bicyclic) bond motifs is 3. The number of carbonyl (C=O) groups is 3. The number of likely N-dealkylation sites (N-methyl/N-ethyl adjacent to an activating group) is 1. The van der Waals surface area contributed by atoms with E-state index >= 15 is 0 Å². The molecule has 6 rings (SSSR count). The fourth-order valence-corrected chi connectivity index (χ4v) is 6.71. The molecule has 1 aliphatic carbocycles. The summed E-state index contributed by atoms with van der Waals surface area (Å²) < 4.78 is 5.52. The molecule has 1 saturated carbocycles. The molecule has 0 radical (unpaired) electrons. The van der Waals surface area contributed by atoms with Gasteiger partial charge in [0.15, 0.2) is 0 Å². The smallest absolute Gasteiger partial charge is 0.410 e. The zero-order valence-corrected chi connectivity index (χ0v) is 23.3. The molecule has 2 fully saturated rings. The van der Waals surface area contributed by atoms with Gasteiger partial charge in [0.2, 0.25) is 5.91 Å². The molecule has 3 aliphatic rings. The Kier molecular flexibility index (Phi) is 7.70. The van der Waals surface area contributed by atoms with E-state index in [9.17, 15) is 19.5 Å². The quantitative estimate of drug-likeness (QED) is 0.299. The number of para-hydroxylation sites is 1. The van der Waals surface area contributed by atoms with Crippen LogP contribution in [-0.4, -0.2) is 85.4 Å². The summed E-state index contributed by atoms with van der Waals surface area (Å²) in [6.07, 6.45) is 5.71. The van der Waals surface area contributed by atoms with Crippen LogP contribution in [0.4, 0.5) is 4.79 Å². The van der Waals surface area contributed by atoms with Gasteiger partial charge >= 0.3 is 6.09 Å². The number of cyclic esters (lactones) is 1. The highest BCUT2D eigenvalue weighted by Crippen LogP contribution is 2.33. The number of carbonyl (C=O) groups excluding carboxylic acids is 3. The molecule has 2 aromatic heterocycles. The molecule has 41 heavy (non-hydrogen) atoms. The van der Waals surface area contributed by atoms with Crippen LogP contribution >= 0.6 is 0 Å². The molecule has 3 amide bonds. The van der Waals surface area contributed by atoms with E-state index in [1.807, 2.05) is 31.2 Å². The summed E-state index contributed by atoms with van der Waals surface area (Å²) in [6, 6.07) is 8.11. The van der Waals surface area contributed by atoms with E-state index in [-0.39, 0.29) is 24.8 Å². The van der Waals surface area contributed by atoms with Crippen molar-refractivity contribution in [3.05, 3.63) is 53.5 Å². The Hall–Kier alpha value is -3.86. The molecule has 0 spiro atoms. The first-order valence-corrected chi connectivity index (χ1v) is 14.8. The maximum Gasteiger partial charge on any atom is 0.410 e. The maximum atomic E-state index is 14.1. The van der Waals surface area contributed by atoms with Crippen molar-refractivity contribution in [2.75, 3.05) is 13.1 Å². The van der Waals surface area contributed by atoms with E-state index in [1.54, 1.807) is 22.1 Å². The number of aliphatic hydroxyl groups is 1. The number of ether oxygens (including phenoxy) is 1. The van der Waals surface area contributed by atoms with E-state index < -0.39 is 30.4 Å². The average molecular weight is 563 g/mol. The fourth-order valence-electron chi connectivity index (χ4n) is 6.71. The van der Waals surface area contributed by atoms with Crippen LogP contribution in [0, 0.1) is 5.92 Å². The number of rotatable bonds is 10. The van der Waals surface area contributed by atoms with Gasteiger partial charge in [-0.3, -0.25) is 14.7 Å². The van der Waals surface area contributed by atoms with Crippen molar-refractivity contribution in [1.29, 1.82) is 0 Å². The standard InChI is InChI=1S/C30H38N6O5/c1-2-35-17-25(41-30(35)40)27(37)23(14-18-8-4-3-5-9-18)33-28(38)24(15-19-12-13-31-34-19)36-16-21-20-10-6-7-11-22(20)32-26(21)29(36)39/h6-7,10-13,18,23-25,27,32,37H,2-5,8-9,14-17H2,1H3,(H,31,34)(H,33,38)/t23-,24?,25?,27+/m0/s1. The van der Waals surface area contributed by atoms with E-state index in [4.69, 9.17) is 4.74 Å². The number of nitrogens with zero attached hydrogens (tertiary/aromatic N) is 3. The summed E-state index contributed by atoms with van der Waals surface area (Å²) in [7, 11) is 0. The number of benzene rings is 1. The molecule has 3 aromatic rings. The Balaban J connectivity index is 1.26. The summed E-state index contributed by atoms with van der Waals surface area (Å²) in [5.41, 5.74) is 3.00. The van der Waals surface area contributed by atoms with E-state index in [0.29, 0.717) is 31.1 Å². The van der Waals surface area contributed by atoms with Gasteiger partial charge in [-0.05, 0) is 31.4 Å². The van der Waals surface area contributed by atoms with Crippen molar-refractivity contribution in [2.45, 2.75) is 82.7 Å². The zero-order chi connectivity index (χ0) is 28.5. The minimum atomic E-state index is -1.07. The number of aromatic amines is 2. The highest BCUT2D eigenvalue weighted by molar-refractivity contribution is 6.05. The minimum absolute atomic E-state index is 0.233. The molecular formula is C30H38N6O5. The third-order valence-electron chi connectivity index (χ3n) is 8.99. The van der Waals surface area contributed by atoms with E-state index in [1.165, 1.54) is 6.42 Å². The lowest BCUT2D eigenvalue weighted by Gasteiger charge is -2.34. The lowest BCUT2D eigenvalue weighted by Crippen LogP contribution is -2.56. The van der Waals surface area contributed by atoms with Gasteiger partial charge < -0.3 is 29.9 Å². The summed E-state index contributed by atoms with van der Waals surface area (Å²) >= 11 is 0. The largest absolute Gasteiger partial charge is 0.441 e.